The van der Waals surface area contributed by atoms with E-state index in [4.69, 9.17) is 22.9 Å². The quantitative estimate of drug-likeness (QED) is 0.0494. The number of rotatable bonds is 20. The molecule has 1 heterocycles. The lowest BCUT2D eigenvalue weighted by Gasteiger charge is -2.29. The van der Waals surface area contributed by atoms with Crippen molar-refractivity contribution in [2.45, 2.75) is 153 Å². The van der Waals surface area contributed by atoms with Gasteiger partial charge in [0.25, 0.3) is 5.91 Å². The number of nitrogens with one attached hydrogen (secondary N) is 10. The first kappa shape index (κ1) is 66.2. The smallest absolute Gasteiger partial charge is 0.252 e. The lowest BCUT2D eigenvalue weighted by atomic mass is 9.99. The number of hydrogen-bond donors (Lipinski definition) is 16. The van der Waals surface area contributed by atoms with E-state index in [-0.39, 0.29) is 82.1 Å². The van der Waals surface area contributed by atoms with Crippen molar-refractivity contribution in [2.24, 2.45) is 34.8 Å². The van der Waals surface area contributed by atoms with Crippen LogP contribution in [0.5, 0.6) is 0 Å². The molecule has 11 atom stereocenters. The maximum absolute atomic E-state index is 14.4. The van der Waals surface area contributed by atoms with E-state index in [1.165, 1.54) is 13.8 Å². The molecule has 81 heavy (non-hydrogen) atoms. The number of aliphatic hydroxyl groups is 2. The van der Waals surface area contributed by atoms with Gasteiger partial charge in [-0.3, -0.25) is 47.9 Å². The average Bonchev–Trinajstić information content (AvgIpc) is 3.43. The molecule has 0 saturated carbocycles. The van der Waals surface area contributed by atoms with Gasteiger partial charge in [-0.2, -0.15) is 0 Å². The predicted molar refractivity (Wildman–Crippen MR) is 303 cm³/mol. The SMILES string of the molecule is CC(C)CC1NC(=O)C(CC(C)C)NC(=O)[C@H](CCN)NC(=O)C(NC(=O)[C@H](CCN)NC(=O)[C@@H](NC(=O)c2ccc3cc4ccccc4cc3c2)[C@@H](C)O)CCNC(=O)[C@H]([C@@H](C)O)NC(=O)[C@H](CCN)NC(=O)C(CCN)NC1=O. The van der Waals surface area contributed by atoms with Gasteiger partial charge in [-0.25, -0.2) is 0 Å². The summed E-state index contributed by atoms with van der Waals surface area (Å²) >= 11 is 0. The minimum Gasteiger partial charge on any atom is -0.391 e. The van der Waals surface area contributed by atoms with Crippen LogP contribution in [-0.4, -0.2) is 169 Å². The molecule has 3 aromatic carbocycles. The molecule has 20 N–H and O–H groups in total. The molecular weight excluding hydrogens is 1050 g/mol. The van der Waals surface area contributed by atoms with Crippen molar-refractivity contribution in [3.05, 3.63) is 60.2 Å². The van der Waals surface area contributed by atoms with Crippen molar-refractivity contribution < 1.29 is 58.2 Å². The summed E-state index contributed by atoms with van der Waals surface area (Å²) < 4.78 is 0. The maximum Gasteiger partial charge on any atom is 0.252 e. The highest BCUT2D eigenvalue weighted by Gasteiger charge is 2.37. The molecule has 0 bridgehead atoms. The topological polar surface area (TPSA) is 436 Å². The zero-order chi connectivity index (χ0) is 60.1. The van der Waals surface area contributed by atoms with Crippen molar-refractivity contribution in [1.82, 2.24) is 53.2 Å². The van der Waals surface area contributed by atoms with Crippen LogP contribution in [0.4, 0.5) is 0 Å². The van der Waals surface area contributed by atoms with Gasteiger partial charge >= 0.3 is 0 Å². The van der Waals surface area contributed by atoms with Crippen LogP contribution in [0, 0.1) is 11.8 Å². The van der Waals surface area contributed by atoms with Crippen LogP contribution in [0.25, 0.3) is 21.5 Å². The van der Waals surface area contributed by atoms with Gasteiger partial charge < -0.3 is 86.3 Å². The maximum atomic E-state index is 14.4. The summed E-state index contributed by atoms with van der Waals surface area (Å²) in [5.41, 5.74) is 23.7. The van der Waals surface area contributed by atoms with Gasteiger partial charge in [0.2, 0.25) is 53.2 Å². The van der Waals surface area contributed by atoms with Crippen molar-refractivity contribution in [3.8, 4) is 0 Å². The van der Waals surface area contributed by atoms with Crippen molar-refractivity contribution in [1.29, 1.82) is 0 Å². The highest BCUT2D eigenvalue weighted by molar-refractivity contribution is 6.05. The monoisotopic (exact) mass is 1130 g/mol. The number of hydrogen-bond acceptors (Lipinski definition) is 16. The minimum atomic E-state index is -1.66. The lowest BCUT2D eigenvalue weighted by molar-refractivity contribution is -0.136. The van der Waals surface area contributed by atoms with Gasteiger partial charge in [-0.15, -0.1) is 0 Å². The molecular formula is C55H84N14O12. The van der Waals surface area contributed by atoms with Crippen LogP contribution < -0.4 is 76.1 Å². The van der Waals surface area contributed by atoms with E-state index in [9.17, 15) is 58.2 Å². The Morgan fingerprint density at radius 2 is 1.00 bits per heavy atom. The van der Waals surface area contributed by atoms with Gasteiger partial charge in [0.15, 0.2) is 0 Å². The molecule has 10 amide bonds. The van der Waals surface area contributed by atoms with Crippen LogP contribution in [0.15, 0.2) is 54.6 Å². The second kappa shape index (κ2) is 32.2. The Morgan fingerprint density at radius 3 is 1.47 bits per heavy atom. The second-order valence-electron chi connectivity index (χ2n) is 21.3. The average molecular weight is 1130 g/mol. The van der Waals surface area contributed by atoms with Crippen molar-refractivity contribution in [2.75, 3.05) is 32.7 Å². The van der Waals surface area contributed by atoms with Crippen LogP contribution in [0.1, 0.15) is 96.8 Å². The molecule has 0 spiro atoms. The molecule has 1 aliphatic rings. The molecule has 0 radical (unpaired) electrons. The van der Waals surface area contributed by atoms with Crippen LogP contribution >= 0.6 is 0 Å². The minimum absolute atomic E-state index is 0.0560. The highest BCUT2D eigenvalue weighted by Crippen LogP contribution is 2.24. The highest BCUT2D eigenvalue weighted by atomic mass is 16.3. The first-order chi connectivity index (χ1) is 38.4. The summed E-state index contributed by atoms with van der Waals surface area (Å²) in [7, 11) is 0. The van der Waals surface area contributed by atoms with Crippen LogP contribution in [0.2, 0.25) is 0 Å². The summed E-state index contributed by atoms with van der Waals surface area (Å²) in [6.07, 6.45) is -4.01. The van der Waals surface area contributed by atoms with Crippen LogP contribution in [0.3, 0.4) is 0 Å². The molecule has 1 fully saturated rings. The fourth-order valence-electron chi connectivity index (χ4n) is 9.13. The van der Waals surface area contributed by atoms with E-state index in [1.807, 2.05) is 36.4 Å². The van der Waals surface area contributed by atoms with Gasteiger partial charge in [-0.05, 0) is 143 Å². The predicted octanol–water partition coefficient (Wildman–Crippen LogP) is -3.26. The molecule has 26 nitrogen and oxygen atoms in total. The summed E-state index contributed by atoms with van der Waals surface area (Å²) in [6, 6.07) is 3.44. The van der Waals surface area contributed by atoms with Gasteiger partial charge in [0.05, 0.1) is 12.2 Å². The van der Waals surface area contributed by atoms with Gasteiger partial charge in [-0.1, -0.05) is 58.0 Å². The van der Waals surface area contributed by atoms with E-state index in [2.05, 4.69) is 53.2 Å². The number of aliphatic hydroxyl groups excluding tert-OH is 2. The Balaban J connectivity index is 1.69. The number of amides is 10. The van der Waals surface area contributed by atoms with Crippen molar-refractivity contribution >= 4 is 80.6 Å². The fourth-order valence-corrected chi connectivity index (χ4v) is 9.13. The van der Waals surface area contributed by atoms with Gasteiger partial charge in [0, 0.05) is 12.1 Å². The van der Waals surface area contributed by atoms with Crippen molar-refractivity contribution in [3.63, 3.8) is 0 Å². The number of benzene rings is 3. The number of carbonyl (C=O) groups is 10. The second-order valence-corrected chi connectivity index (χ2v) is 21.3. The Hall–Kier alpha value is -7.36. The molecule has 4 unspecified atom stereocenters. The lowest BCUT2D eigenvalue weighted by Crippen LogP contribution is -2.61. The van der Waals surface area contributed by atoms with Crippen LogP contribution in [-0.2, 0) is 43.2 Å². The standard InChI is InChI=1S/C55H84N14O12/c1-28(2)23-42-52(78)63-37(13-18-56)47(73)62-40(16-21-59)51(77)69-44(30(5)70)54(80)60-22-17-41(50(76)61-38(14-19-57)49(75)66-43(24-29(3)4)53(79)67-42)64-48(74)39(15-20-58)65-55(81)45(31(6)71)68-46(72)35-12-11-34-25-32-9-7-8-10-33(32)26-36(34)27-35/h7-12,25-31,37-45,70-71H,13-24,56-59H2,1-6H3,(H,60,80)(H,61,76)(H,62,73)(H,63,78)(H,64,74)(H,65,81)(H,66,75)(H,67,79)(H,68,72)(H,69,77)/t30-,31-,37?,38+,39+,40+,41?,42?,43?,44+,45+/m1/s1. The van der Waals surface area contributed by atoms with E-state index >= 15 is 0 Å². The zero-order valence-corrected chi connectivity index (χ0v) is 47.0. The Bertz CT molecular complexity index is 2690. The van der Waals surface area contributed by atoms with E-state index in [1.54, 1.807) is 45.9 Å². The molecule has 446 valence electrons. The number of carbonyl (C=O) groups excluding carboxylic acids is 10. The van der Waals surface area contributed by atoms with E-state index in [0.717, 1.165) is 21.5 Å². The van der Waals surface area contributed by atoms with E-state index in [0.29, 0.717) is 0 Å². The van der Waals surface area contributed by atoms with E-state index < -0.39 is 139 Å². The first-order valence-electron chi connectivity index (χ1n) is 27.5. The normalized spacial score (nSPS) is 22.9. The summed E-state index contributed by atoms with van der Waals surface area (Å²) in [4.78, 5) is 140. The molecule has 4 rings (SSSR count). The molecule has 1 saturated heterocycles. The fraction of sp³-hybridized carbons (Fsp3) is 0.564. The molecule has 3 aromatic rings. The third kappa shape index (κ3) is 20.0. The Kier molecular flexibility index (Phi) is 26.3. The van der Waals surface area contributed by atoms with Gasteiger partial charge in [0.1, 0.15) is 54.4 Å². The molecule has 0 aliphatic carbocycles. The molecule has 0 aromatic heterocycles. The molecule has 26 heteroatoms. The molecule has 1 aliphatic heterocycles. The summed E-state index contributed by atoms with van der Waals surface area (Å²) in [5, 5.41) is 50.8. The Morgan fingerprint density at radius 1 is 0.543 bits per heavy atom. The summed E-state index contributed by atoms with van der Waals surface area (Å²) in [5.74, 6) is -9.22. The number of nitrogens with two attached hydrogens (primary N) is 4. The third-order valence-electron chi connectivity index (χ3n) is 13.5. The largest absolute Gasteiger partial charge is 0.391 e. The Labute approximate surface area is 471 Å². The zero-order valence-electron chi connectivity index (χ0n) is 47.0. The number of fused-ring (bicyclic) bond motifs is 2. The first-order valence-corrected chi connectivity index (χ1v) is 27.5. The summed E-state index contributed by atoms with van der Waals surface area (Å²) in [6.45, 7) is 8.64. The third-order valence-corrected chi connectivity index (χ3v) is 13.5.